The van der Waals surface area contributed by atoms with Crippen LogP contribution in [0.25, 0.3) is 0 Å². The number of carboxylic acid groups (broad SMARTS) is 2. The van der Waals surface area contributed by atoms with Crippen molar-refractivity contribution in [3.05, 3.63) is 70.8 Å². The molecule has 8 heteroatoms. The van der Waals surface area contributed by atoms with Crippen LogP contribution in [0.4, 0.5) is 0 Å². The number of aromatic carboxylic acids is 2. The summed E-state index contributed by atoms with van der Waals surface area (Å²) in [5, 5.41) is 28.9. The molecule has 0 amide bonds. The molecule has 3 N–H and O–H groups in total. The first-order valence-corrected chi connectivity index (χ1v) is 11.4. The van der Waals surface area contributed by atoms with Gasteiger partial charge in [0, 0.05) is 51.9 Å². The van der Waals surface area contributed by atoms with Crippen LogP contribution >= 0.6 is 0 Å². The number of hydrogen-bond donors (Lipinski definition) is 3. The van der Waals surface area contributed by atoms with Crippen molar-refractivity contribution in [1.82, 2.24) is 14.7 Å². The third-order valence-electron chi connectivity index (χ3n) is 7.18. The van der Waals surface area contributed by atoms with Crippen LogP contribution in [-0.4, -0.2) is 92.4 Å². The molecule has 3 fully saturated rings. The largest absolute Gasteiger partial charge is 0.478 e. The van der Waals surface area contributed by atoms with Crippen molar-refractivity contribution in [1.29, 1.82) is 0 Å². The smallest absolute Gasteiger partial charge is 0.335 e. The normalized spacial score (nSPS) is 25.0. The highest BCUT2D eigenvalue weighted by atomic mass is 16.4. The number of fused-ring (bicyclic) bond motifs is 2. The van der Waals surface area contributed by atoms with Gasteiger partial charge in [-0.05, 0) is 41.8 Å². The maximum Gasteiger partial charge on any atom is 0.335 e. The number of carbonyl (C=O) groups is 2. The molecule has 0 saturated carbocycles. The van der Waals surface area contributed by atoms with Crippen LogP contribution in [0.15, 0.2) is 48.5 Å². The van der Waals surface area contributed by atoms with Crippen LogP contribution in [0.5, 0.6) is 0 Å². The van der Waals surface area contributed by atoms with Gasteiger partial charge in [-0.3, -0.25) is 14.7 Å². The number of likely N-dealkylation sites (tertiary alicyclic amines) is 1. The van der Waals surface area contributed by atoms with Crippen molar-refractivity contribution in [3.63, 3.8) is 0 Å². The highest BCUT2D eigenvalue weighted by Gasteiger charge is 2.55. The Labute approximate surface area is 192 Å². The van der Waals surface area contributed by atoms with E-state index in [0.29, 0.717) is 30.8 Å². The van der Waals surface area contributed by atoms with Gasteiger partial charge in [0.05, 0.1) is 22.8 Å². The van der Waals surface area contributed by atoms with E-state index in [4.69, 9.17) is 0 Å². The van der Waals surface area contributed by atoms with Gasteiger partial charge in [-0.2, -0.15) is 0 Å². The molecule has 0 aliphatic carbocycles. The Bertz CT molecular complexity index is 1070. The number of hydrogen-bond acceptors (Lipinski definition) is 6. The van der Waals surface area contributed by atoms with Gasteiger partial charge < -0.3 is 15.3 Å². The SMILES string of the molecule is O=C(O)c1cccc(CN2C[C@@H]3C[C@@H](O)CN3C3(C2)CN(Cc2cccc(C(=O)O)c2)C3)c1. The van der Waals surface area contributed by atoms with E-state index < -0.39 is 11.9 Å². The molecule has 0 aromatic heterocycles. The Balaban J connectivity index is 1.29. The Morgan fingerprint density at radius 2 is 1.39 bits per heavy atom. The Morgan fingerprint density at radius 3 is 1.97 bits per heavy atom. The minimum atomic E-state index is -0.918. The summed E-state index contributed by atoms with van der Waals surface area (Å²) in [6.45, 7) is 5.51. The number of nitrogens with zero attached hydrogens (tertiary/aromatic N) is 3. The standard InChI is InChI=1S/C25H29N3O5/c29-22-9-21-12-26(10-17-3-1-5-19(7-17)23(30)31)14-25(28(21)13-22)15-27(16-25)11-18-4-2-6-20(8-18)24(32)33/h1-8,21-22,29H,9-16H2,(H,30,31)(H,32,33)/t21-,22+/m0/s1. The maximum atomic E-state index is 11.3. The van der Waals surface area contributed by atoms with Gasteiger partial charge in [0.25, 0.3) is 0 Å². The van der Waals surface area contributed by atoms with Gasteiger partial charge in [-0.1, -0.05) is 24.3 Å². The lowest BCUT2D eigenvalue weighted by molar-refractivity contribution is -0.118. The van der Waals surface area contributed by atoms with E-state index in [1.807, 2.05) is 12.1 Å². The van der Waals surface area contributed by atoms with Gasteiger partial charge in [0.2, 0.25) is 0 Å². The average Bonchev–Trinajstić information content (AvgIpc) is 3.13. The summed E-state index contributed by atoms with van der Waals surface area (Å²) < 4.78 is 0. The molecular weight excluding hydrogens is 422 g/mol. The van der Waals surface area contributed by atoms with E-state index in [1.54, 1.807) is 36.4 Å². The molecule has 3 aliphatic rings. The van der Waals surface area contributed by atoms with Crippen molar-refractivity contribution < 1.29 is 24.9 Å². The minimum Gasteiger partial charge on any atom is -0.478 e. The van der Waals surface area contributed by atoms with Gasteiger partial charge in [0.1, 0.15) is 0 Å². The zero-order valence-electron chi connectivity index (χ0n) is 18.4. The summed E-state index contributed by atoms with van der Waals surface area (Å²) in [7, 11) is 0. The first-order chi connectivity index (χ1) is 15.8. The van der Waals surface area contributed by atoms with Crippen molar-refractivity contribution in [2.24, 2.45) is 0 Å². The molecule has 5 rings (SSSR count). The summed E-state index contributed by atoms with van der Waals surface area (Å²) in [5.74, 6) is -1.83. The van der Waals surface area contributed by atoms with Crippen molar-refractivity contribution in [2.45, 2.75) is 37.2 Å². The fraction of sp³-hybridized carbons (Fsp3) is 0.440. The van der Waals surface area contributed by atoms with Crippen LogP contribution in [-0.2, 0) is 13.1 Å². The van der Waals surface area contributed by atoms with Crippen LogP contribution in [0.2, 0.25) is 0 Å². The second-order valence-electron chi connectivity index (χ2n) is 9.75. The van der Waals surface area contributed by atoms with Crippen LogP contribution in [0.3, 0.4) is 0 Å². The molecule has 2 aromatic rings. The summed E-state index contributed by atoms with van der Waals surface area (Å²) in [5.41, 5.74) is 2.53. The number of aliphatic hydroxyl groups excluding tert-OH is 1. The third kappa shape index (κ3) is 4.39. The van der Waals surface area contributed by atoms with Crippen molar-refractivity contribution >= 4 is 11.9 Å². The van der Waals surface area contributed by atoms with E-state index >= 15 is 0 Å². The Hall–Kier alpha value is -2.78. The molecule has 3 heterocycles. The number of carboxylic acids is 2. The molecule has 1 spiro atoms. The molecule has 3 saturated heterocycles. The Kier molecular flexibility index (Phi) is 5.70. The fourth-order valence-corrected chi connectivity index (χ4v) is 5.94. The summed E-state index contributed by atoms with van der Waals surface area (Å²) in [4.78, 5) is 29.8. The fourth-order valence-electron chi connectivity index (χ4n) is 5.94. The molecule has 2 atom stereocenters. The lowest BCUT2D eigenvalue weighted by Gasteiger charge is -2.61. The van der Waals surface area contributed by atoms with E-state index in [2.05, 4.69) is 14.7 Å². The van der Waals surface area contributed by atoms with Gasteiger partial charge >= 0.3 is 11.9 Å². The number of rotatable bonds is 6. The van der Waals surface area contributed by atoms with Crippen LogP contribution < -0.4 is 0 Å². The second kappa shape index (κ2) is 8.53. The van der Waals surface area contributed by atoms with Crippen LogP contribution in [0, 0.1) is 0 Å². The van der Waals surface area contributed by atoms with Gasteiger partial charge in [0.15, 0.2) is 0 Å². The van der Waals surface area contributed by atoms with Crippen molar-refractivity contribution in [3.8, 4) is 0 Å². The quantitative estimate of drug-likeness (QED) is 0.608. The first kappa shape index (κ1) is 22.0. The van der Waals surface area contributed by atoms with Crippen LogP contribution in [0.1, 0.15) is 38.3 Å². The Morgan fingerprint density at radius 1 is 0.848 bits per heavy atom. The van der Waals surface area contributed by atoms with E-state index in [1.165, 1.54) is 0 Å². The number of benzene rings is 2. The predicted octanol–water partition coefficient (Wildman–Crippen LogP) is 1.59. The van der Waals surface area contributed by atoms with E-state index in [-0.39, 0.29) is 17.7 Å². The van der Waals surface area contributed by atoms with Crippen molar-refractivity contribution in [2.75, 3.05) is 32.7 Å². The average molecular weight is 452 g/mol. The molecule has 0 radical (unpaired) electrons. The van der Waals surface area contributed by atoms with E-state index in [9.17, 15) is 24.9 Å². The molecular formula is C25H29N3O5. The highest BCUT2D eigenvalue weighted by molar-refractivity contribution is 5.88. The topological polar surface area (TPSA) is 105 Å². The molecule has 0 unspecified atom stereocenters. The number of aliphatic hydroxyl groups is 1. The summed E-state index contributed by atoms with van der Waals surface area (Å²) in [6.07, 6.45) is 0.442. The second-order valence-corrected chi connectivity index (χ2v) is 9.75. The van der Waals surface area contributed by atoms with Gasteiger partial charge in [-0.15, -0.1) is 0 Å². The maximum absolute atomic E-state index is 11.3. The zero-order valence-corrected chi connectivity index (χ0v) is 18.4. The minimum absolute atomic E-state index is 0.0464. The summed E-state index contributed by atoms with van der Waals surface area (Å²) >= 11 is 0. The number of piperazine rings is 1. The molecule has 0 bridgehead atoms. The molecule has 8 nitrogen and oxygen atoms in total. The van der Waals surface area contributed by atoms with Gasteiger partial charge in [-0.25, -0.2) is 9.59 Å². The lowest BCUT2D eigenvalue weighted by atomic mass is 9.83. The molecule has 174 valence electrons. The summed E-state index contributed by atoms with van der Waals surface area (Å²) in [6, 6.07) is 14.5. The molecule has 2 aromatic carbocycles. The monoisotopic (exact) mass is 451 g/mol. The highest BCUT2D eigenvalue weighted by Crippen LogP contribution is 2.39. The third-order valence-corrected chi connectivity index (χ3v) is 7.18. The van der Waals surface area contributed by atoms with E-state index in [0.717, 1.165) is 43.7 Å². The molecule has 3 aliphatic heterocycles. The molecule has 33 heavy (non-hydrogen) atoms. The number of β-amino-alcohol motifs (C(OH)–C–C–N with tert-alkyl or cyclic N) is 1. The first-order valence-electron chi connectivity index (χ1n) is 11.4. The lowest BCUT2D eigenvalue weighted by Crippen LogP contribution is -2.77. The zero-order chi connectivity index (χ0) is 23.2. The predicted molar refractivity (Wildman–Crippen MR) is 121 cm³/mol.